The molecule has 0 atom stereocenters. The zero-order valence-electron chi connectivity index (χ0n) is 14.4. The Morgan fingerprint density at radius 1 is 1.00 bits per heavy atom. The van der Waals surface area contributed by atoms with Crippen molar-refractivity contribution in [3.8, 4) is 0 Å². The number of hydrogen-bond acceptors (Lipinski definition) is 3. The van der Waals surface area contributed by atoms with Gasteiger partial charge in [0.15, 0.2) is 5.78 Å². The van der Waals surface area contributed by atoms with Crippen LogP contribution in [-0.2, 0) is 11.0 Å². The van der Waals surface area contributed by atoms with E-state index in [4.69, 9.17) is 0 Å². The third kappa shape index (κ3) is 4.49. The van der Waals surface area contributed by atoms with Crippen LogP contribution in [0, 0.1) is 5.82 Å². The highest BCUT2D eigenvalue weighted by Gasteiger charge is 2.34. The highest BCUT2D eigenvalue weighted by atomic mass is 19.4. The van der Waals surface area contributed by atoms with E-state index in [0.717, 1.165) is 17.7 Å². The summed E-state index contributed by atoms with van der Waals surface area (Å²) in [5, 5.41) is 0. The first-order valence-corrected chi connectivity index (χ1v) is 8.15. The number of pyridine rings is 1. The number of rotatable bonds is 2. The van der Waals surface area contributed by atoms with Crippen LogP contribution >= 0.6 is 0 Å². The summed E-state index contributed by atoms with van der Waals surface area (Å²) in [6.45, 7) is 0.773. The molecule has 2 aromatic rings. The molecule has 3 nitrogen and oxygen atoms in total. The van der Waals surface area contributed by atoms with Crippen molar-refractivity contribution >= 4 is 17.9 Å². The van der Waals surface area contributed by atoms with Gasteiger partial charge in [0, 0.05) is 36.6 Å². The molecule has 1 saturated heterocycles. The lowest BCUT2D eigenvalue weighted by atomic mass is 9.94. The monoisotopic (exact) mass is 376 g/mol. The predicted octanol–water partition coefficient (Wildman–Crippen LogP) is 4.22. The molecule has 1 aliphatic heterocycles. The summed E-state index contributed by atoms with van der Waals surface area (Å²) in [6, 6.07) is 6.18. The quantitative estimate of drug-likeness (QED) is 0.581. The number of aromatic nitrogens is 1. The Balaban J connectivity index is 1.92. The third-order valence-corrected chi connectivity index (χ3v) is 4.15. The van der Waals surface area contributed by atoms with Gasteiger partial charge in [0.2, 0.25) is 0 Å². The fourth-order valence-electron chi connectivity index (χ4n) is 2.92. The van der Waals surface area contributed by atoms with E-state index in [2.05, 4.69) is 4.98 Å². The highest BCUT2D eigenvalue weighted by Crippen LogP contribution is 2.32. The van der Waals surface area contributed by atoms with Crippen molar-refractivity contribution in [2.24, 2.45) is 0 Å². The Morgan fingerprint density at radius 3 is 2.15 bits per heavy atom. The van der Waals surface area contributed by atoms with Gasteiger partial charge in [-0.1, -0.05) is 6.07 Å². The normalized spacial score (nSPS) is 19.1. The lowest BCUT2D eigenvalue weighted by Crippen LogP contribution is -2.34. The molecule has 3 rings (SSSR count). The zero-order valence-corrected chi connectivity index (χ0v) is 14.4. The van der Waals surface area contributed by atoms with Gasteiger partial charge >= 0.3 is 6.18 Å². The molecule has 27 heavy (non-hydrogen) atoms. The smallest absolute Gasteiger partial charge is 0.298 e. The van der Waals surface area contributed by atoms with Crippen LogP contribution in [-0.4, -0.2) is 35.8 Å². The lowest BCUT2D eigenvalue weighted by molar-refractivity contribution is -0.140. The molecule has 0 saturated carbocycles. The molecule has 0 aliphatic carbocycles. The van der Waals surface area contributed by atoms with Gasteiger partial charge in [-0.05, 0) is 54.6 Å². The van der Waals surface area contributed by atoms with Gasteiger partial charge < -0.3 is 0 Å². The fourth-order valence-corrected chi connectivity index (χ4v) is 2.92. The summed E-state index contributed by atoms with van der Waals surface area (Å²) in [6.07, 6.45) is 1.66. The number of piperidine rings is 1. The second-order valence-corrected chi connectivity index (χ2v) is 6.36. The number of Topliss-reactive ketones (excluding diaryl/α,β-unsaturated/α-hetero) is 1. The van der Waals surface area contributed by atoms with Gasteiger partial charge in [-0.3, -0.25) is 14.7 Å². The zero-order chi connectivity index (χ0) is 19.6. The Morgan fingerprint density at radius 2 is 1.59 bits per heavy atom. The summed E-state index contributed by atoms with van der Waals surface area (Å²) in [4.78, 5) is 18.6. The van der Waals surface area contributed by atoms with Crippen LogP contribution < -0.4 is 0 Å². The van der Waals surface area contributed by atoms with Crippen LogP contribution in [0.2, 0.25) is 0 Å². The van der Waals surface area contributed by atoms with Gasteiger partial charge in [-0.2, -0.15) is 13.2 Å². The number of likely N-dealkylation sites (N-methyl/N-ethyl adjacent to an activating group) is 1. The van der Waals surface area contributed by atoms with Crippen molar-refractivity contribution in [1.29, 1.82) is 0 Å². The Bertz CT molecular complexity index is 917. The van der Waals surface area contributed by atoms with E-state index in [1.807, 2.05) is 11.9 Å². The molecule has 1 fully saturated rings. The van der Waals surface area contributed by atoms with Crippen LogP contribution in [0.5, 0.6) is 0 Å². The first-order valence-electron chi connectivity index (χ1n) is 8.15. The van der Waals surface area contributed by atoms with Gasteiger partial charge in [0.1, 0.15) is 5.82 Å². The Kier molecular flexibility index (Phi) is 5.23. The van der Waals surface area contributed by atoms with Gasteiger partial charge in [0.05, 0.1) is 5.56 Å². The molecule has 1 aromatic carbocycles. The molecule has 0 amide bonds. The van der Waals surface area contributed by atoms with E-state index < -0.39 is 17.6 Å². The molecule has 2 heterocycles. The molecule has 0 N–H and O–H groups in total. The molecule has 140 valence electrons. The molecule has 1 aromatic heterocycles. The number of nitrogens with zero attached hydrogens (tertiary/aromatic N) is 2. The maximum absolute atomic E-state index is 13.8. The summed E-state index contributed by atoms with van der Waals surface area (Å²) in [5.41, 5.74) is 0.651. The van der Waals surface area contributed by atoms with Crippen molar-refractivity contribution in [1.82, 2.24) is 9.88 Å². The summed E-state index contributed by atoms with van der Waals surface area (Å²) >= 11 is 0. The van der Waals surface area contributed by atoms with Crippen LogP contribution in [0.1, 0.15) is 16.7 Å². The highest BCUT2D eigenvalue weighted by molar-refractivity contribution is 6.14. The molecule has 1 aliphatic rings. The predicted molar refractivity (Wildman–Crippen MR) is 94.1 cm³/mol. The molecule has 0 unspecified atom stereocenters. The largest absolute Gasteiger partial charge is 0.419 e. The molecule has 0 radical (unpaired) electrons. The first-order chi connectivity index (χ1) is 12.7. The van der Waals surface area contributed by atoms with E-state index in [1.54, 1.807) is 30.6 Å². The molecule has 0 bridgehead atoms. The second kappa shape index (κ2) is 7.44. The lowest BCUT2D eigenvalue weighted by Gasteiger charge is -2.26. The number of benzene rings is 1. The fraction of sp³-hybridized carbons (Fsp3) is 0.200. The van der Waals surface area contributed by atoms with Crippen molar-refractivity contribution in [2.45, 2.75) is 6.18 Å². The van der Waals surface area contributed by atoms with E-state index in [0.29, 0.717) is 30.3 Å². The number of likely N-dealkylation sites (tertiary alicyclic amines) is 1. The van der Waals surface area contributed by atoms with Gasteiger partial charge in [0.25, 0.3) is 0 Å². The van der Waals surface area contributed by atoms with E-state index in [1.165, 1.54) is 6.08 Å². The van der Waals surface area contributed by atoms with E-state index in [9.17, 15) is 22.4 Å². The average molecular weight is 376 g/mol. The van der Waals surface area contributed by atoms with Crippen molar-refractivity contribution in [3.63, 3.8) is 0 Å². The van der Waals surface area contributed by atoms with E-state index in [-0.39, 0.29) is 11.3 Å². The van der Waals surface area contributed by atoms with Crippen molar-refractivity contribution < 1.29 is 22.4 Å². The standard InChI is InChI=1S/C20H16F4N2O/c1-26-11-15(8-13-4-6-25-7-5-13)19(27)16(12-26)9-14-2-3-17(18(21)10-14)20(22,23)24/h2-10H,11-12H2,1H3/b15-8+,16-9+. The minimum atomic E-state index is -4.75. The van der Waals surface area contributed by atoms with Crippen LogP contribution in [0.4, 0.5) is 17.6 Å². The van der Waals surface area contributed by atoms with Crippen LogP contribution in [0.25, 0.3) is 12.2 Å². The van der Waals surface area contributed by atoms with Gasteiger partial charge in [-0.15, -0.1) is 0 Å². The maximum atomic E-state index is 13.8. The number of hydrogen-bond donors (Lipinski definition) is 0. The number of alkyl halides is 3. The molecule has 0 spiro atoms. The van der Waals surface area contributed by atoms with Crippen LogP contribution in [0.15, 0.2) is 53.9 Å². The topological polar surface area (TPSA) is 33.2 Å². The van der Waals surface area contributed by atoms with Crippen LogP contribution in [0.3, 0.4) is 0 Å². The van der Waals surface area contributed by atoms with Crippen molar-refractivity contribution in [3.05, 3.63) is 76.4 Å². The summed E-state index contributed by atoms with van der Waals surface area (Å²) in [5.74, 6) is -1.56. The Labute approximate surface area is 153 Å². The second-order valence-electron chi connectivity index (χ2n) is 6.36. The van der Waals surface area contributed by atoms with Crippen molar-refractivity contribution in [2.75, 3.05) is 20.1 Å². The minimum absolute atomic E-state index is 0.204. The minimum Gasteiger partial charge on any atom is -0.298 e. The third-order valence-electron chi connectivity index (χ3n) is 4.15. The Hall–Kier alpha value is -2.80. The average Bonchev–Trinajstić information content (AvgIpc) is 2.59. The SMILES string of the molecule is CN1C/C(=C\c2ccncc2)C(=O)/C(=C/c2ccc(C(F)(F)F)c(F)c2)C1. The number of ketones is 1. The summed E-state index contributed by atoms with van der Waals surface area (Å²) < 4.78 is 51.8. The molecular formula is C20H16F4N2O. The van der Waals surface area contributed by atoms with Gasteiger partial charge in [-0.25, -0.2) is 4.39 Å². The molecule has 7 heteroatoms. The summed E-state index contributed by atoms with van der Waals surface area (Å²) in [7, 11) is 1.83. The number of halogens is 4. The molecular weight excluding hydrogens is 360 g/mol. The maximum Gasteiger partial charge on any atom is 0.419 e. The van der Waals surface area contributed by atoms with E-state index >= 15 is 0 Å². The number of carbonyl (C=O) groups excluding carboxylic acids is 1. The number of carbonyl (C=O) groups is 1. The first kappa shape index (κ1) is 19.0.